The monoisotopic (exact) mass is 488 g/mol. The van der Waals surface area contributed by atoms with Crippen molar-refractivity contribution in [2.45, 2.75) is 17.2 Å². The van der Waals surface area contributed by atoms with E-state index in [1.54, 1.807) is 86.1 Å². The van der Waals surface area contributed by atoms with Crippen LogP contribution in [0.15, 0.2) is 102 Å². The van der Waals surface area contributed by atoms with Crippen molar-refractivity contribution in [1.82, 2.24) is 10.3 Å². The second-order valence-corrected chi connectivity index (χ2v) is 9.73. The highest BCUT2D eigenvalue weighted by Gasteiger charge is 2.16. The van der Waals surface area contributed by atoms with Gasteiger partial charge in [-0.1, -0.05) is 42.5 Å². The van der Waals surface area contributed by atoms with Crippen LogP contribution in [0, 0.1) is 0 Å². The molecule has 0 fully saturated rings. The fourth-order valence-electron chi connectivity index (χ4n) is 3.38. The lowest BCUT2D eigenvalue weighted by Gasteiger charge is -2.09. The third kappa shape index (κ3) is 6.45. The molecule has 0 atom stereocenters. The summed E-state index contributed by atoms with van der Waals surface area (Å²) in [7, 11) is -1.91. The minimum atomic E-state index is -3.50. The number of amides is 1. The zero-order valence-electron chi connectivity index (χ0n) is 19.0. The van der Waals surface area contributed by atoms with Gasteiger partial charge in [0, 0.05) is 30.4 Å². The number of ether oxygens (including phenoxy) is 2. The molecule has 0 radical (unpaired) electrons. The summed E-state index contributed by atoms with van der Waals surface area (Å²) >= 11 is 0. The van der Waals surface area contributed by atoms with Crippen molar-refractivity contribution in [3.63, 3.8) is 0 Å². The molecule has 1 heterocycles. The quantitative estimate of drug-likeness (QED) is 0.364. The maximum absolute atomic E-state index is 12.7. The number of hydrogen-bond acceptors (Lipinski definition) is 6. The first kappa shape index (κ1) is 24.0. The van der Waals surface area contributed by atoms with Crippen LogP contribution in [0.2, 0.25) is 0 Å². The Hall–Kier alpha value is -4.17. The number of rotatable bonds is 9. The van der Waals surface area contributed by atoms with E-state index in [1.807, 2.05) is 18.2 Å². The summed E-state index contributed by atoms with van der Waals surface area (Å²) in [6.07, 6.45) is 1.62. The Balaban J connectivity index is 1.35. The summed E-state index contributed by atoms with van der Waals surface area (Å²) in [5.74, 6) is 1.22. The smallest absolute Gasteiger partial charge is 0.251 e. The van der Waals surface area contributed by atoms with Gasteiger partial charge in [0.05, 0.1) is 17.8 Å². The molecule has 7 nitrogen and oxygen atoms in total. The Kier molecular flexibility index (Phi) is 7.42. The van der Waals surface area contributed by atoms with Crippen molar-refractivity contribution in [3.05, 3.63) is 114 Å². The van der Waals surface area contributed by atoms with E-state index >= 15 is 0 Å². The van der Waals surface area contributed by atoms with E-state index < -0.39 is 9.84 Å². The average Bonchev–Trinajstić information content (AvgIpc) is 2.88. The van der Waals surface area contributed by atoms with Gasteiger partial charge in [-0.2, -0.15) is 0 Å². The highest BCUT2D eigenvalue weighted by molar-refractivity contribution is 7.90. The molecule has 0 bridgehead atoms. The van der Waals surface area contributed by atoms with Gasteiger partial charge in [0.25, 0.3) is 5.91 Å². The minimum Gasteiger partial charge on any atom is -0.497 e. The van der Waals surface area contributed by atoms with Crippen molar-refractivity contribution in [1.29, 1.82) is 0 Å². The van der Waals surface area contributed by atoms with Crippen LogP contribution in [0.3, 0.4) is 0 Å². The summed E-state index contributed by atoms with van der Waals surface area (Å²) in [4.78, 5) is 17.2. The topological polar surface area (TPSA) is 94.6 Å². The first-order valence-electron chi connectivity index (χ1n) is 10.8. The van der Waals surface area contributed by atoms with Crippen LogP contribution in [-0.2, 0) is 22.1 Å². The molecule has 0 unspecified atom stereocenters. The second kappa shape index (κ2) is 10.8. The Morgan fingerprint density at radius 3 is 2.37 bits per heavy atom. The zero-order valence-corrected chi connectivity index (χ0v) is 19.9. The van der Waals surface area contributed by atoms with E-state index in [0.717, 1.165) is 5.56 Å². The summed E-state index contributed by atoms with van der Waals surface area (Å²) in [6, 6.07) is 25.6. The van der Waals surface area contributed by atoms with Gasteiger partial charge >= 0.3 is 0 Å². The van der Waals surface area contributed by atoms with E-state index in [1.165, 1.54) is 0 Å². The number of hydrogen-bond donors (Lipinski definition) is 1. The Morgan fingerprint density at radius 1 is 0.857 bits per heavy atom. The third-order valence-corrected chi connectivity index (χ3v) is 6.87. The van der Waals surface area contributed by atoms with E-state index in [0.29, 0.717) is 28.5 Å². The van der Waals surface area contributed by atoms with Gasteiger partial charge in [0.2, 0.25) is 5.88 Å². The molecule has 8 heteroatoms. The van der Waals surface area contributed by atoms with E-state index in [4.69, 9.17) is 9.47 Å². The van der Waals surface area contributed by atoms with Crippen LogP contribution < -0.4 is 14.8 Å². The van der Waals surface area contributed by atoms with Gasteiger partial charge in [-0.25, -0.2) is 13.4 Å². The number of nitrogens with one attached hydrogen (secondary N) is 1. The molecule has 0 aliphatic carbocycles. The SMILES string of the molecule is COc1cccc(Oc2ccc(CNC(=O)c3cccc(CS(=O)(=O)c4ccccc4)c3)cn2)c1. The van der Waals surface area contributed by atoms with Gasteiger partial charge in [-0.15, -0.1) is 0 Å². The van der Waals surface area contributed by atoms with Crippen LogP contribution in [0.5, 0.6) is 17.4 Å². The molecule has 0 aliphatic heterocycles. The molecule has 0 saturated carbocycles. The molecule has 4 aromatic rings. The maximum Gasteiger partial charge on any atom is 0.251 e. The van der Waals surface area contributed by atoms with Crippen molar-refractivity contribution in [2.75, 3.05) is 7.11 Å². The standard InChI is InChI=1S/C27H24N2O5S/c1-33-23-9-6-10-24(16-23)34-26-14-13-21(17-28-26)18-29-27(30)22-8-5-7-20(15-22)19-35(31,32)25-11-3-2-4-12-25/h2-17H,18-19H2,1H3,(H,29,30). The summed E-state index contributed by atoms with van der Waals surface area (Å²) in [5, 5.41) is 2.84. The molecule has 0 spiro atoms. The fraction of sp³-hybridized carbons (Fsp3) is 0.111. The molecule has 35 heavy (non-hydrogen) atoms. The van der Waals surface area contributed by atoms with E-state index in [2.05, 4.69) is 10.3 Å². The number of pyridine rings is 1. The molecule has 0 saturated heterocycles. The molecule has 1 N–H and O–H groups in total. The molecule has 1 aromatic heterocycles. The van der Waals surface area contributed by atoms with Crippen LogP contribution in [-0.4, -0.2) is 26.4 Å². The van der Waals surface area contributed by atoms with Gasteiger partial charge in [-0.3, -0.25) is 4.79 Å². The number of sulfone groups is 1. The number of methoxy groups -OCH3 is 1. The maximum atomic E-state index is 12.7. The van der Waals surface area contributed by atoms with Crippen molar-refractivity contribution in [3.8, 4) is 17.4 Å². The first-order valence-corrected chi connectivity index (χ1v) is 12.5. The number of carbonyl (C=O) groups is 1. The summed E-state index contributed by atoms with van der Waals surface area (Å²) in [6.45, 7) is 0.262. The fourth-order valence-corrected chi connectivity index (χ4v) is 4.74. The predicted octanol–water partition coefficient (Wildman–Crippen LogP) is 4.79. The van der Waals surface area contributed by atoms with Gasteiger partial charge in [0.15, 0.2) is 9.84 Å². The Morgan fingerprint density at radius 2 is 1.63 bits per heavy atom. The highest BCUT2D eigenvalue weighted by atomic mass is 32.2. The molecule has 178 valence electrons. The van der Waals surface area contributed by atoms with Crippen molar-refractivity contribution in [2.24, 2.45) is 0 Å². The van der Waals surface area contributed by atoms with Gasteiger partial charge < -0.3 is 14.8 Å². The zero-order chi connectivity index (χ0) is 24.7. The minimum absolute atomic E-state index is 0.184. The predicted molar refractivity (Wildman–Crippen MR) is 132 cm³/mol. The summed E-state index contributed by atoms with van der Waals surface area (Å²) in [5.41, 5.74) is 1.72. The summed E-state index contributed by atoms with van der Waals surface area (Å²) < 4.78 is 36.2. The molecule has 4 rings (SSSR count). The van der Waals surface area contributed by atoms with Crippen molar-refractivity contribution < 1.29 is 22.7 Å². The second-order valence-electron chi connectivity index (χ2n) is 7.74. The third-order valence-electron chi connectivity index (χ3n) is 5.16. The Labute approximate surface area is 204 Å². The van der Waals surface area contributed by atoms with Crippen LogP contribution >= 0.6 is 0 Å². The highest BCUT2D eigenvalue weighted by Crippen LogP contribution is 2.24. The lowest BCUT2D eigenvalue weighted by Crippen LogP contribution is -2.23. The van der Waals surface area contributed by atoms with Gasteiger partial charge in [0.1, 0.15) is 11.5 Å². The molecular weight excluding hydrogens is 464 g/mol. The van der Waals surface area contributed by atoms with Crippen molar-refractivity contribution >= 4 is 15.7 Å². The van der Waals surface area contributed by atoms with Crippen LogP contribution in [0.25, 0.3) is 0 Å². The Bertz CT molecular complexity index is 1410. The first-order chi connectivity index (χ1) is 16.9. The average molecular weight is 489 g/mol. The number of nitrogens with zero attached hydrogens (tertiary/aromatic N) is 1. The normalized spacial score (nSPS) is 11.0. The largest absolute Gasteiger partial charge is 0.497 e. The van der Waals surface area contributed by atoms with E-state index in [9.17, 15) is 13.2 Å². The number of aromatic nitrogens is 1. The molecule has 3 aromatic carbocycles. The lowest BCUT2D eigenvalue weighted by atomic mass is 10.1. The van der Waals surface area contributed by atoms with E-state index in [-0.39, 0.29) is 23.1 Å². The molecular formula is C27H24N2O5S. The van der Waals surface area contributed by atoms with Crippen LogP contribution in [0.1, 0.15) is 21.5 Å². The van der Waals surface area contributed by atoms with Gasteiger partial charge in [-0.05, 0) is 47.5 Å². The number of benzene rings is 3. The molecule has 1 amide bonds. The van der Waals surface area contributed by atoms with Crippen LogP contribution in [0.4, 0.5) is 0 Å². The number of carbonyl (C=O) groups excluding carboxylic acids is 1. The molecule has 0 aliphatic rings. The lowest BCUT2D eigenvalue weighted by molar-refractivity contribution is 0.0950.